The highest BCUT2D eigenvalue weighted by atomic mass is 35.5. The number of nitrogens with zero attached hydrogens (tertiary/aromatic N) is 1. The third-order valence-corrected chi connectivity index (χ3v) is 1.63. The van der Waals surface area contributed by atoms with Crippen LogP contribution in [-0.4, -0.2) is 23.8 Å². The highest BCUT2D eigenvalue weighted by Gasteiger charge is 2.04. The van der Waals surface area contributed by atoms with Crippen LogP contribution in [0.2, 0.25) is 0 Å². The smallest absolute Gasteiger partial charge is 0.213 e. The third kappa shape index (κ3) is 1.95. The Labute approximate surface area is 75.3 Å². The molecule has 0 saturated heterocycles. The van der Waals surface area contributed by atoms with Crippen molar-refractivity contribution in [3.8, 4) is 5.88 Å². The summed E-state index contributed by atoms with van der Waals surface area (Å²) in [6.45, 7) is 0. The SMILES string of the molecule is COc1cc(C(=O)CCl)ccn1. The van der Waals surface area contributed by atoms with Gasteiger partial charge in [-0.2, -0.15) is 0 Å². The number of carbonyl (C=O) groups is 1. The lowest BCUT2D eigenvalue weighted by molar-refractivity contribution is 0.102. The molecule has 0 aliphatic rings. The van der Waals surface area contributed by atoms with Gasteiger partial charge in [0.05, 0.1) is 13.0 Å². The monoisotopic (exact) mass is 185 g/mol. The number of hydrogen-bond donors (Lipinski definition) is 0. The summed E-state index contributed by atoms with van der Waals surface area (Å²) in [5, 5.41) is 0. The van der Waals surface area contributed by atoms with E-state index >= 15 is 0 Å². The standard InChI is InChI=1S/C8H8ClNO2/c1-12-8-4-6(2-3-10-8)7(11)5-9/h2-4H,5H2,1H3. The molecule has 0 atom stereocenters. The predicted molar refractivity (Wildman–Crippen MR) is 45.8 cm³/mol. The molecule has 0 aliphatic heterocycles. The average Bonchev–Trinajstić information content (AvgIpc) is 2.17. The highest BCUT2D eigenvalue weighted by molar-refractivity contribution is 6.30. The van der Waals surface area contributed by atoms with E-state index in [2.05, 4.69) is 4.98 Å². The van der Waals surface area contributed by atoms with Gasteiger partial charge in [0.1, 0.15) is 0 Å². The minimum atomic E-state index is -0.127. The first-order valence-electron chi connectivity index (χ1n) is 3.37. The van der Waals surface area contributed by atoms with Gasteiger partial charge in [0.2, 0.25) is 5.88 Å². The zero-order chi connectivity index (χ0) is 8.97. The molecular formula is C8H8ClNO2. The Morgan fingerprint density at radius 2 is 2.50 bits per heavy atom. The van der Waals surface area contributed by atoms with Crippen LogP contribution in [0.15, 0.2) is 18.3 Å². The number of Topliss-reactive ketones (excluding diaryl/α,β-unsaturated/α-hetero) is 1. The molecule has 0 unspecified atom stereocenters. The average molecular weight is 186 g/mol. The fraction of sp³-hybridized carbons (Fsp3) is 0.250. The van der Waals surface area contributed by atoms with Gasteiger partial charge in [0.25, 0.3) is 0 Å². The third-order valence-electron chi connectivity index (χ3n) is 1.39. The van der Waals surface area contributed by atoms with Crippen LogP contribution in [0.25, 0.3) is 0 Å². The zero-order valence-electron chi connectivity index (χ0n) is 6.58. The Morgan fingerprint density at radius 3 is 3.08 bits per heavy atom. The number of ketones is 1. The van der Waals surface area contributed by atoms with Crippen molar-refractivity contribution in [1.82, 2.24) is 4.98 Å². The lowest BCUT2D eigenvalue weighted by atomic mass is 10.2. The molecule has 1 heterocycles. The number of alkyl halides is 1. The van der Waals surface area contributed by atoms with Gasteiger partial charge in [0, 0.05) is 17.8 Å². The lowest BCUT2D eigenvalue weighted by Gasteiger charge is -1.99. The first-order valence-corrected chi connectivity index (χ1v) is 3.90. The van der Waals surface area contributed by atoms with E-state index in [9.17, 15) is 4.79 Å². The van der Waals surface area contributed by atoms with Gasteiger partial charge >= 0.3 is 0 Å². The summed E-state index contributed by atoms with van der Waals surface area (Å²) in [6.07, 6.45) is 1.51. The van der Waals surface area contributed by atoms with Gasteiger partial charge in [-0.1, -0.05) is 0 Å². The summed E-state index contributed by atoms with van der Waals surface area (Å²) >= 11 is 5.37. The van der Waals surface area contributed by atoms with Crippen LogP contribution in [0.3, 0.4) is 0 Å². The van der Waals surface area contributed by atoms with Crippen LogP contribution in [0.5, 0.6) is 5.88 Å². The maximum Gasteiger partial charge on any atom is 0.213 e. The normalized spacial score (nSPS) is 9.50. The molecule has 0 N–H and O–H groups in total. The number of ether oxygens (including phenoxy) is 1. The van der Waals surface area contributed by atoms with Crippen LogP contribution in [0.4, 0.5) is 0 Å². The first-order chi connectivity index (χ1) is 5.77. The van der Waals surface area contributed by atoms with Gasteiger partial charge < -0.3 is 4.74 Å². The number of pyridine rings is 1. The summed E-state index contributed by atoms with van der Waals surface area (Å²) in [6, 6.07) is 3.16. The van der Waals surface area contributed by atoms with E-state index in [1.54, 1.807) is 12.1 Å². The molecule has 0 amide bonds. The van der Waals surface area contributed by atoms with Crippen molar-refractivity contribution in [2.75, 3.05) is 13.0 Å². The van der Waals surface area contributed by atoms with E-state index in [4.69, 9.17) is 16.3 Å². The topological polar surface area (TPSA) is 39.2 Å². The molecule has 64 valence electrons. The Balaban J connectivity index is 2.93. The van der Waals surface area contributed by atoms with Crippen LogP contribution >= 0.6 is 11.6 Å². The molecular weight excluding hydrogens is 178 g/mol. The van der Waals surface area contributed by atoms with Crippen LogP contribution in [0.1, 0.15) is 10.4 Å². The van der Waals surface area contributed by atoms with Crippen molar-refractivity contribution in [1.29, 1.82) is 0 Å². The summed E-state index contributed by atoms with van der Waals surface area (Å²) in [4.78, 5) is 14.9. The second-order valence-corrected chi connectivity index (χ2v) is 2.41. The zero-order valence-corrected chi connectivity index (χ0v) is 7.34. The minimum absolute atomic E-state index is 0.0207. The maximum absolute atomic E-state index is 11.1. The number of rotatable bonds is 3. The number of carbonyl (C=O) groups excluding carboxylic acids is 1. The fourth-order valence-corrected chi connectivity index (χ4v) is 0.926. The second-order valence-electron chi connectivity index (χ2n) is 2.14. The van der Waals surface area contributed by atoms with Gasteiger partial charge in [0.15, 0.2) is 5.78 Å². The Hall–Kier alpha value is -1.09. The molecule has 4 heteroatoms. The number of hydrogen-bond acceptors (Lipinski definition) is 3. The Bertz CT molecular complexity index is 288. The van der Waals surface area contributed by atoms with Crippen molar-refractivity contribution in [3.05, 3.63) is 23.9 Å². The highest BCUT2D eigenvalue weighted by Crippen LogP contribution is 2.09. The molecule has 0 radical (unpaired) electrons. The van der Waals surface area contributed by atoms with E-state index in [1.165, 1.54) is 13.3 Å². The Kier molecular flexibility index (Phi) is 3.05. The van der Waals surface area contributed by atoms with E-state index in [1.807, 2.05) is 0 Å². The maximum atomic E-state index is 11.1. The van der Waals surface area contributed by atoms with Crippen molar-refractivity contribution in [3.63, 3.8) is 0 Å². The van der Waals surface area contributed by atoms with E-state index < -0.39 is 0 Å². The first kappa shape index (κ1) is 9.00. The van der Waals surface area contributed by atoms with Gasteiger partial charge in [-0.15, -0.1) is 11.6 Å². The van der Waals surface area contributed by atoms with Gasteiger partial charge in [-0.3, -0.25) is 4.79 Å². The molecule has 1 aromatic heterocycles. The number of methoxy groups -OCH3 is 1. The molecule has 0 aliphatic carbocycles. The molecule has 0 spiro atoms. The van der Waals surface area contributed by atoms with Crippen molar-refractivity contribution in [2.45, 2.75) is 0 Å². The van der Waals surface area contributed by atoms with Crippen molar-refractivity contribution >= 4 is 17.4 Å². The van der Waals surface area contributed by atoms with Crippen molar-refractivity contribution < 1.29 is 9.53 Å². The largest absolute Gasteiger partial charge is 0.481 e. The van der Waals surface area contributed by atoms with E-state index in [0.717, 1.165) is 0 Å². The van der Waals surface area contributed by atoms with Crippen LogP contribution in [-0.2, 0) is 0 Å². The summed E-state index contributed by atoms with van der Waals surface area (Å²) in [5.74, 6) is 0.274. The molecule has 3 nitrogen and oxygen atoms in total. The summed E-state index contributed by atoms with van der Waals surface area (Å²) in [7, 11) is 1.50. The van der Waals surface area contributed by atoms with E-state index in [0.29, 0.717) is 11.4 Å². The molecule has 12 heavy (non-hydrogen) atoms. The second kappa shape index (κ2) is 4.07. The molecule has 1 aromatic rings. The minimum Gasteiger partial charge on any atom is -0.481 e. The molecule has 0 saturated carbocycles. The van der Waals surface area contributed by atoms with Crippen LogP contribution in [0, 0.1) is 0 Å². The summed E-state index contributed by atoms with van der Waals surface area (Å²) < 4.78 is 4.84. The van der Waals surface area contributed by atoms with Gasteiger partial charge in [-0.25, -0.2) is 4.98 Å². The molecule has 0 fully saturated rings. The molecule has 1 rings (SSSR count). The quantitative estimate of drug-likeness (QED) is 0.529. The van der Waals surface area contributed by atoms with Gasteiger partial charge in [-0.05, 0) is 6.07 Å². The van der Waals surface area contributed by atoms with Crippen molar-refractivity contribution in [2.24, 2.45) is 0 Å². The number of halogens is 1. The Morgan fingerprint density at radius 1 is 1.75 bits per heavy atom. The predicted octanol–water partition coefficient (Wildman–Crippen LogP) is 1.51. The molecule has 0 bridgehead atoms. The van der Waals surface area contributed by atoms with Crippen LogP contribution < -0.4 is 4.74 Å². The molecule has 0 aromatic carbocycles. The fourth-order valence-electron chi connectivity index (χ4n) is 0.772. The lowest BCUT2D eigenvalue weighted by Crippen LogP contribution is -2.00. The number of aromatic nitrogens is 1. The summed E-state index contributed by atoms with van der Waals surface area (Å²) in [5.41, 5.74) is 0.525. The van der Waals surface area contributed by atoms with E-state index in [-0.39, 0.29) is 11.7 Å².